The highest BCUT2D eigenvalue weighted by Crippen LogP contribution is 2.37. The van der Waals surface area contributed by atoms with Gasteiger partial charge in [-0.15, -0.1) is 0 Å². The second-order valence-electron chi connectivity index (χ2n) is 6.87. The van der Waals surface area contributed by atoms with Gasteiger partial charge in [-0.05, 0) is 18.2 Å². The molecule has 28 heavy (non-hydrogen) atoms. The molecule has 2 heterocycles. The van der Waals surface area contributed by atoms with Crippen molar-refractivity contribution in [2.75, 3.05) is 25.3 Å². The zero-order valence-electron chi connectivity index (χ0n) is 15.2. The first-order chi connectivity index (χ1) is 13.4. The summed E-state index contributed by atoms with van der Waals surface area (Å²) in [6.07, 6.45) is 0.0729. The van der Waals surface area contributed by atoms with E-state index in [2.05, 4.69) is 0 Å². The number of ether oxygens (including phenoxy) is 2. The molecule has 8 heteroatoms. The number of carbonyl (C=O) groups is 2. The highest BCUT2D eigenvalue weighted by molar-refractivity contribution is 6.00. The number of hydrogen-bond donors (Lipinski definition) is 0. The molecule has 1 fully saturated rings. The van der Waals surface area contributed by atoms with Crippen molar-refractivity contribution in [3.63, 3.8) is 0 Å². The lowest BCUT2D eigenvalue weighted by atomic mass is 10.1. The van der Waals surface area contributed by atoms with Crippen molar-refractivity contribution >= 4 is 17.5 Å². The molecule has 2 aliphatic rings. The maximum atomic E-state index is 13.8. The molecule has 1 atom stereocenters. The minimum atomic E-state index is -0.705. The molecule has 0 aromatic heterocycles. The second kappa shape index (κ2) is 7.10. The topological polar surface area (TPSA) is 59.1 Å². The summed E-state index contributed by atoms with van der Waals surface area (Å²) >= 11 is 0. The van der Waals surface area contributed by atoms with Crippen molar-refractivity contribution in [1.82, 2.24) is 4.90 Å². The summed E-state index contributed by atoms with van der Waals surface area (Å²) < 4.78 is 37.5. The Morgan fingerprint density at radius 2 is 1.96 bits per heavy atom. The molecule has 2 aromatic carbocycles. The third-order valence-electron chi connectivity index (χ3n) is 4.94. The largest absolute Gasteiger partial charge is 0.454 e. The van der Waals surface area contributed by atoms with Crippen molar-refractivity contribution in [3.05, 3.63) is 53.6 Å². The Kier molecular flexibility index (Phi) is 4.62. The molecular weight excluding hydrogens is 370 g/mol. The lowest BCUT2D eigenvalue weighted by Gasteiger charge is -2.22. The lowest BCUT2D eigenvalue weighted by Crippen LogP contribution is -2.34. The van der Waals surface area contributed by atoms with Crippen molar-refractivity contribution in [3.8, 4) is 11.5 Å². The molecule has 2 aliphatic heterocycles. The standard InChI is InChI=1S/C20H18F2N2O4/c1-23(9-12-2-3-14(21)7-16(12)22)20(26)13-6-19(25)24(10-13)15-4-5-17-18(8-15)28-11-27-17/h2-5,7-8,13H,6,9-11H2,1H3. The monoisotopic (exact) mass is 388 g/mol. The van der Waals surface area contributed by atoms with Gasteiger partial charge in [0, 0.05) is 49.9 Å². The summed E-state index contributed by atoms with van der Waals surface area (Å²) in [5, 5.41) is 0. The first-order valence-electron chi connectivity index (χ1n) is 8.81. The number of halogens is 2. The van der Waals surface area contributed by atoms with Gasteiger partial charge in [0.05, 0.1) is 5.92 Å². The summed E-state index contributed by atoms with van der Waals surface area (Å²) in [6.45, 7) is 0.367. The third-order valence-corrected chi connectivity index (χ3v) is 4.94. The molecule has 0 N–H and O–H groups in total. The summed E-state index contributed by atoms with van der Waals surface area (Å²) in [4.78, 5) is 28.1. The van der Waals surface area contributed by atoms with Crippen LogP contribution in [0, 0.1) is 17.6 Å². The summed E-state index contributed by atoms with van der Waals surface area (Å²) in [6, 6.07) is 8.43. The van der Waals surface area contributed by atoms with Gasteiger partial charge in [-0.1, -0.05) is 6.07 Å². The lowest BCUT2D eigenvalue weighted by molar-refractivity contribution is -0.135. The molecular formula is C20H18F2N2O4. The van der Waals surface area contributed by atoms with Crippen LogP contribution in [0.25, 0.3) is 0 Å². The summed E-state index contributed by atoms with van der Waals surface area (Å²) in [7, 11) is 1.54. The Balaban J connectivity index is 1.45. The number of nitrogens with zero attached hydrogens (tertiary/aromatic N) is 2. The summed E-state index contributed by atoms with van der Waals surface area (Å²) in [5.41, 5.74) is 0.853. The first kappa shape index (κ1) is 18.2. The normalized spacial score (nSPS) is 17.9. The maximum Gasteiger partial charge on any atom is 0.231 e. The van der Waals surface area contributed by atoms with Crippen molar-refractivity contribution < 1.29 is 27.8 Å². The van der Waals surface area contributed by atoms with Crippen molar-refractivity contribution in [2.45, 2.75) is 13.0 Å². The van der Waals surface area contributed by atoms with E-state index in [0.29, 0.717) is 17.2 Å². The molecule has 2 amide bonds. The van der Waals surface area contributed by atoms with Crippen LogP contribution in [0.15, 0.2) is 36.4 Å². The van der Waals surface area contributed by atoms with E-state index < -0.39 is 17.6 Å². The fourth-order valence-corrected chi connectivity index (χ4v) is 3.47. The van der Waals surface area contributed by atoms with Gasteiger partial charge in [0.1, 0.15) is 11.6 Å². The van der Waals surface area contributed by atoms with Gasteiger partial charge in [0.25, 0.3) is 0 Å². The quantitative estimate of drug-likeness (QED) is 0.808. The molecule has 0 saturated carbocycles. The second-order valence-corrected chi connectivity index (χ2v) is 6.87. The number of benzene rings is 2. The van der Waals surface area contributed by atoms with Gasteiger partial charge >= 0.3 is 0 Å². The Morgan fingerprint density at radius 3 is 2.75 bits per heavy atom. The minimum Gasteiger partial charge on any atom is -0.454 e. The zero-order chi connectivity index (χ0) is 19.8. The number of hydrogen-bond acceptors (Lipinski definition) is 4. The van der Waals surface area contributed by atoms with Crippen LogP contribution in [0.1, 0.15) is 12.0 Å². The van der Waals surface area contributed by atoms with E-state index in [-0.39, 0.29) is 43.7 Å². The SMILES string of the molecule is CN(Cc1ccc(F)cc1F)C(=O)C1CC(=O)N(c2ccc3c(c2)OCO3)C1. The van der Waals surface area contributed by atoms with E-state index >= 15 is 0 Å². The van der Waals surface area contributed by atoms with Crippen LogP contribution in [0.2, 0.25) is 0 Å². The van der Waals surface area contributed by atoms with E-state index in [1.54, 1.807) is 25.2 Å². The van der Waals surface area contributed by atoms with Crippen LogP contribution < -0.4 is 14.4 Å². The molecule has 0 spiro atoms. The van der Waals surface area contributed by atoms with Crippen LogP contribution in [0.4, 0.5) is 14.5 Å². The number of anilines is 1. The summed E-state index contributed by atoms with van der Waals surface area (Å²) in [5.74, 6) is -1.17. The van der Waals surface area contributed by atoms with E-state index in [0.717, 1.165) is 12.1 Å². The Morgan fingerprint density at radius 1 is 1.18 bits per heavy atom. The number of fused-ring (bicyclic) bond motifs is 1. The van der Waals surface area contributed by atoms with Crippen molar-refractivity contribution in [1.29, 1.82) is 0 Å². The van der Waals surface area contributed by atoms with Gasteiger partial charge in [-0.3, -0.25) is 9.59 Å². The first-order valence-corrected chi connectivity index (χ1v) is 8.81. The van der Waals surface area contributed by atoms with Gasteiger partial charge < -0.3 is 19.3 Å². The van der Waals surface area contributed by atoms with Gasteiger partial charge in [0.15, 0.2) is 11.5 Å². The number of rotatable bonds is 4. The zero-order valence-corrected chi connectivity index (χ0v) is 15.2. The minimum absolute atomic E-state index is 0.000336. The Bertz CT molecular complexity index is 950. The maximum absolute atomic E-state index is 13.8. The van der Waals surface area contributed by atoms with Gasteiger partial charge in [-0.2, -0.15) is 0 Å². The fourth-order valence-electron chi connectivity index (χ4n) is 3.47. The average Bonchev–Trinajstić information content (AvgIpc) is 3.29. The molecule has 146 valence electrons. The average molecular weight is 388 g/mol. The number of amides is 2. The van der Waals surface area contributed by atoms with E-state index in [1.165, 1.54) is 15.9 Å². The Labute approximate surface area is 160 Å². The molecule has 2 aromatic rings. The van der Waals surface area contributed by atoms with E-state index in [4.69, 9.17) is 9.47 Å². The van der Waals surface area contributed by atoms with Crippen LogP contribution in [-0.2, 0) is 16.1 Å². The highest BCUT2D eigenvalue weighted by Gasteiger charge is 2.37. The highest BCUT2D eigenvalue weighted by atomic mass is 19.1. The van der Waals surface area contributed by atoms with Crippen molar-refractivity contribution in [2.24, 2.45) is 5.92 Å². The van der Waals surface area contributed by atoms with Crippen LogP contribution >= 0.6 is 0 Å². The molecule has 0 radical (unpaired) electrons. The van der Waals surface area contributed by atoms with E-state index in [9.17, 15) is 18.4 Å². The molecule has 0 aliphatic carbocycles. The molecule has 4 rings (SSSR count). The Hall–Kier alpha value is -3.16. The fraction of sp³-hybridized carbons (Fsp3) is 0.300. The molecule has 6 nitrogen and oxygen atoms in total. The molecule has 0 bridgehead atoms. The predicted molar refractivity (Wildman–Crippen MR) is 95.9 cm³/mol. The van der Waals surface area contributed by atoms with Gasteiger partial charge in [0.2, 0.25) is 18.6 Å². The molecule has 1 unspecified atom stereocenters. The van der Waals surface area contributed by atoms with Crippen LogP contribution in [0.3, 0.4) is 0 Å². The number of carbonyl (C=O) groups excluding carboxylic acids is 2. The van der Waals surface area contributed by atoms with Crippen LogP contribution in [0.5, 0.6) is 11.5 Å². The van der Waals surface area contributed by atoms with E-state index in [1.807, 2.05) is 0 Å². The third kappa shape index (κ3) is 3.37. The van der Waals surface area contributed by atoms with Gasteiger partial charge in [-0.25, -0.2) is 8.78 Å². The molecule has 1 saturated heterocycles. The smallest absolute Gasteiger partial charge is 0.231 e. The predicted octanol–water partition coefficient (Wildman–Crippen LogP) is 2.71. The van der Waals surface area contributed by atoms with Crippen LogP contribution in [-0.4, -0.2) is 37.1 Å².